The minimum atomic E-state index is -1.72. The number of nitrogens with two attached hydrogens (primary N) is 2. The van der Waals surface area contributed by atoms with Crippen molar-refractivity contribution in [1.29, 1.82) is 0 Å². The van der Waals surface area contributed by atoms with E-state index in [2.05, 4.69) is 10.6 Å². The van der Waals surface area contributed by atoms with Crippen LogP contribution in [0.15, 0.2) is 0 Å². The summed E-state index contributed by atoms with van der Waals surface area (Å²) in [4.78, 5) is 69.6. The van der Waals surface area contributed by atoms with Gasteiger partial charge in [-0.05, 0) is 19.8 Å². The zero-order chi connectivity index (χ0) is 25.0. The first-order chi connectivity index (χ1) is 14.8. The van der Waals surface area contributed by atoms with Gasteiger partial charge >= 0.3 is 11.9 Å². The fourth-order valence-corrected chi connectivity index (χ4v) is 2.35. The van der Waals surface area contributed by atoms with E-state index in [9.17, 15) is 39.0 Å². The molecular weight excluding hydrogens is 434 g/mol. The van der Waals surface area contributed by atoms with Crippen LogP contribution in [0, 0.1) is 0 Å². The molecule has 0 heterocycles. The van der Waals surface area contributed by atoms with Gasteiger partial charge in [-0.1, -0.05) is 0 Å². The SMILES string of the molecule is CC(O)C(NC(=O)C(CO)NC(=O)C(CCC(N)=O)NC(=O)C(N)CCC(=O)O)C(=O)O. The molecule has 5 unspecified atom stereocenters. The summed E-state index contributed by atoms with van der Waals surface area (Å²) < 4.78 is 0. The fraction of sp³-hybridized carbons (Fsp3) is 0.647. The quantitative estimate of drug-likeness (QED) is 0.111. The van der Waals surface area contributed by atoms with Gasteiger partial charge in [0.2, 0.25) is 23.6 Å². The third-order valence-corrected chi connectivity index (χ3v) is 4.18. The van der Waals surface area contributed by atoms with Gasteiger partial charge in [0, 0.05) is 12.8 Å². The molecule has 0 radical (unpaired) electrons. The molecule has 182 valence electrons. The lowest BCUT2D eigenvalue weighted by Crippen LogP contribution is -2.59. The topological polar surface area (TPSA) is 271 Å². The zero-order valence-corrected chi connectivity index (χ0v) is 17.3. The van der Waals surface area contributed by atoms with E-state index in [0.29, 0.717) is 0 Å². The number of hydrogen-bond acceptors (Lipinski definition) is 9. The summed E-state index contributed by atoms with van der Waals surface area (Å²) >= 11 is 0. The van der Waals surface area contributed by atoms with Crippen molar-refractivity contribution in [2.45, 2.75) is 62.9 Å². The Hall–Kier alpha value is -3.30. The number of rotatable bonds is 15. The zero-order valence-electron chi connectivity index (χ0n) is 17.3. The number of carbonyl (C=O) groups excluding carboxylic acids is 4. The highest BCUT2D eigenvalue weighted by Gasteiger charge is 2.31. The summed E-state index contributed by atoms with van der Waals surface area (Å²) in [5.74, 6) is -6.61. The lowest BCUT2D eigenvalue weighted by molar-refractivity contribution is -0.145. The van der Waals surface area contributed by atoms with E-state index in [0.717, 1.165) is 6.92 Å². The van der Waals surface area contributed by atoms with Crippen LogP contribution in [0.5, 0.6) is 0 Å². The summed E-state index contributed by atoms with van der Waals surface area (Å²) in [5.41, 5.74) is 10.6. The molecule has 15 heteroatoms. The average molecular weight is 463 g/mol. The van der Waals surface area contributed by atoms with Crippen molar-refractivity contribution < 1.29 is 49.2 Å². The van der Waals surface area contributed by atoms with Gasteiger partial charge in [-0.2, -0.15) is 0 Å². The molecule has 0 aromatic rings. The predicted octanol–water partition coefficient (Wildman–Crippen LogP) is -4.64. The van der Waals surface area contributed by atoms with Gasteiger partial charge in [-0.25, -0.2) is 4.79 Å². The smallest absolute Gasteiger partial charge is 0.328 e. The average Bonchev–Trinajstić information content (AvgIpc) is 2.69. The van der Waals surface area contributed by atoms with Crippen molar-refractivity contribution in [1.82, 2.24) is 16.0 Å². The molecule has 32 heavy (non-hydrogen) atoms. The van der Waals surface area contributed by atoms with Crippen LogP contribution in [-0.2, 0) is 28.8 Å². The van der Waals surface area contributed by atoms with Crippen molar-refractivity contribution in [2.75, 3.05) is 6.61 Å². The number of carboxylic acids is 2. The maximum absolute atomic E-state index is 12.5. The largest absolute Gasteiger partial charge is 0.481 e. The van der Waals surface area contributed by atoms with Crippen LogP contribution in [0.3, 0.4) is 0 Å². The number of nitrogens with one attached hydrogen (secondary N) is 3. The highest BCUT2D eigenvalue weighted by atomic mass is 16.4. The van der Waals surface area contributed by atoms with E-state index >= 15 is 0 Å². The highest BCUT2D eigenvalue weighted by Crippen LogP contribution is 2.02. The van der Waals surface area contributed by atoms with Gasteiger partial charge in [0.15, 0.2) is 6.04 Å². The van der Waals surface area contributed by atoms with Crippen molar-refractivity contribution >= 4 is 35.6 Å². The first-order valence-corrected chi connectivity index (χ1v) is 9.48. The van der Waals surface area contributed by atoms with Crippen molar-refractivity contribution in [3.63, 3.8) is 0 Å². The number of hydrogen-bond donors (Lipinski definition) is 9. The second kappa shape index (κ2) is 13.9. The minimum Gasteiger partial charge on any atom is -0.481 e. The second-order valence-electron chi connectivity index (χ2n) is 6.91. The lowest BCUT2D eigenvalue weighted by atomic mass is 10.1. The highest BCUT2D eigenvalue weighted by molar-refractivity contribution is 5.94. The van der Waals surface area contributed by atoms with Crippen molar-refractivity contribution in [3.05, 3.63) is 0 Å². The molecule has 0 rings (SSSR count). The number of carboxylic acid groups (broad SMARTS) is 2. The summed E-state index contributed by atoms with van der Waals surface area (Å²) in [7, 11) is 0. The maximum Gasteiger partial charge on any atom is 0.328 e. The molecule has 0 aliphatic rings. The summed E-state index contributed by atoms with van der Waals surface area (Å²) in [5, 5.41) is 42.7. The fourth-order valence-electron chi connectivity index (χ4n) is 2.35. The summed E-state index contributed by atoms with van der Waals surface area (Å²) in [6, 6.07) is -6.09. The summed E-state index contributed by atoms with van der Waals surface area (Å²) in [6.45, 7) is 0.146. The normalized spacial score (nSPS) is 15.4. The number of aliphatic hydroxyl groups is 2. The first-order valence-electron chi connectivity index (χ1n) is 9.48. The first kappa shape index (κ1) is 28.7. The lowest BCUT2D eigenvalue weighted by Gasteiger charge is -2.24. The molecule has 0 aliphatic heterocycles. The van der Waals surface area contributed by atoms with Gasteiger partial charge in [-0.15, -0.1) is 0 Å². The molecule has 0 aliphatic carbocycles. The Balaban J connectivity index is 5.29. The Morgan fingerprint density at radius 1 is 0.844 bits per heavy atom. The molecule has 0 aromatic carbocycles. The maximum atomic E-state index is 12.5. The third kappa shape index (κ3) is 10.6. The standard InChI is InChI=1S/C17H29N5O10/c1-7(24)13(17(31)32)22-16(30)10(6-23)21-15(29)9(3-4-11(19)25)20-14(28)8(18)2-5-12(26)27/h7-10,13,23-24H,2-6,18H2,1H3,(H2,19,25)(H,20,28)(H,21,29)(H,22,30)(H,26,27)(H,31,32). The van der Waals surface area contributed by atoms with Crippen molar-refractivity contribution in [3.8, 4) is 0 Å². The molecule has 0 saturated heterocycles. The Morgan fingerprint density at radius 2 is 1.38 bits per heavy atom. The van der Waals surface area contributed by atoms with Gasteiger partial charge in [0.1, 0.15) is 12.1 Å². The predicted molar refractivity (Wildman–Crippen MR) is 105 cm³/mol. The Morgan fingerprint density at radius 3 is 1.81 bits per heavy atom. The van der Waals surface area contributed by atoms with Crippen molar-refractivity contribution in [2.24, 2.45) is 11.5 Å². The number of amides is 4. The molecule has 0 saturated carbocycles. The third-order valence-electron chi connectivity index (χ3n) is 4.18. The number of aliphatic hydroxyl groups excluding tert-OH is 2. The van der Waals surface area contributed by atoms with E-state index in [-0.39, 0.29) is 19.3 Å². The summed E-state index contributed by atoms with van der Waals surface area (Å²) in [6.07, 6.45) is -2.77. The van der Waals surface area contributed by atoms with E-state index < -0.39 is 78.9 Å². The monoisotopic (exact) mass is 463 g/mol. The van der Waals surface area contributed by atoms with Gasteiger partial charge in [-0.3, -0.25) is 24.0 Å². The van der Waals surface area contributed by atoms with Gasteiger partial charge < -0.3 is 47.8 Å². The Kier molecular flexibility index (Phi) is 12.5. The molecule has 15 nitrogen and oxygen atoms in total. The minimum absolute atomic E-state index is 0.233. The molecule has 0 fully saturated rings. The molecule has 5 atom stereocenters. The van der Waals surface area contributed by atoms with E-state index in [1.807, 2.05) is 5.32 Å². The molecule has 0 bridgehead atoms. The Labute approximate surface area is 182 Å². The molecule has 11 N–H and O–H groups in total. The van der Waals surface area contributed by atoms with E-state index in [4.69, 9.17) is 21.7 Å². The van der Waals surface area contributed by atoms with Crippen LogP contribution in [-0.4, -0.2) is 92.9 Å². The van der Waals surface area contributed by atoms with E-state index in [1.165, 1.54) is 0 Å². The number of primary amides is 1. The number of aliphatic carboxylic acids is 2. The van der Waals surface area contributed by atoms with Crippen LogP contribution < -0.4 is 27.4 Å². The van der Waals surface area contributed by atoms with Crippen LogP contribution in [0.1, 0.15) is 32.6 Å². The van der Waals surface area contributed by atoms with E-state index in [1.54, 1.807) is 0 Å². The van der Waals surface area contributed by atoms with Crippen LogP contribution in [0.4, 0.5) is 0 Å². The van der Waals surface area contributed by atoms with Gasteiger partial charge in [0.25, 0.3) is 0 Å². The molecule has 0 spiro atoms. The molecule has 0 aromatic heterocycles. The second-order valence-corrected chi connectivity index (χ2v) is 6.91. The van der Waals surface area contributed by atoms with Gasteiger partial charge in [0.05, 0.1) is 18.8 Å². The Bertz CT molecular complexity index is 714. The van der Waals surface area contributed by atoms with Crippen LogP contribution >= 0.6 is 0 Å². The van der Waals surface area contributed by atoms with Crippen LogP contribution in [0.2, 0.25) is 0 Å². The molecular formula is C17H29N5O10. The van der Waals surface area contributed by atoms with Crippen LogP contribution in [0.25, 0.3) is 0 Å². The number of carbonyl (C=O) groups is 6. The molecule has 4 amide bonds.